The molecule has 0 N–H and O–H groups in total. The number of methoxy groups -OCH3 is 2. The minimum absolute atomic E-state index is 0. The standard InChI is InChI=1S/2C3H7O2.2Al.4H/c2*1-3(4)5-2;;;;;;/h2*3H,1-2H3;;;;;;/q2*-1;2*+3;4*-1. The van der Waals surface area contributed by atoms with Crippen LogP contribution in [-0.2, 0) is 17.1 Å². The molecule has 2 unspecified atom stereocenters. The normalized spacial score (nSPS) is 14.7. The van der Waals surface area contributed by atoms with Crippen LogP contribution in [0, 0.1) is 0 Å². The molecule has 0 aromatic heterocycles. The third-order valence-electron chi connectivity index (χ3n) is 1.05. The van der Waals surface area contributed by atoms with Crippen molar-refractivity contribution in [2.24, 2.45) is 0 Å². The Morgan fingerprint density at radius 3 is 1.17 bits per heavy atom. The molecule has 0 aromatic rings. The fraction of sp³-hybridized carbons (Fsp3) is 1.00. The molecular formula is C6H18Al2O4. The van der Waals surface area contributed by atoms with Gasteiger partial charge in [-0.3, -0.25) is 0 Å². The maximum absolute atomic E-state index is 4.66. The van der Waals surface area contributed by atoms with Crippen molar-refractivity contribution in [3.8, 4) is 0 Å². The number of hydrogen-bond acceptors (Lipinski definition) is 4. The van der Waals surface area contributed by atoms with E-state index in [1.807, 2.05) is 13.8 Å². The Balaban J connectivity index is -0.0000000250. The van der Waals surface area contributed by atoms with Gasteiger partial charge in [0, 0.05) is 0 Å². The van der Waals surface area contributed by atoms with Crippen LogP contribution in [0.2, 0.25) is 0 Å². The molecule has 0 aliphatic rings. The van der Waals surface area contributed by atoms with Gasteiger partial charge in [-0.1, -0.05) is 0 Å². The molecule has 0 aliphatic heterocycles. The van der Waals surface area contributed by atoms with E-state index < -0.39 is 0 Å². The van der Waals surface area contributed by atoms with Crippen LogP contribution in [-0.4, -0.2) is 60.0 Å². The van der Waals surface area contributed by atoms with Crippen LogP contribution in [0.3, 0.4) is 0 Å². The summed E-state index contributed by atoms with van der Waals surface area (Å²) in [7, 11) is 3.18. The topological polar surface area (TPSA) is 36.9 Å². The Morgan fingerprint density at radius 1 is 0.917 bits per heavy atom. The van der Waals surface area contributed by atoms with Crippen molar-refractivity contribution in [3.63, 3.8) is 0 Å². The van der Waals surface area contributed by atoms with Gasteiger partial charge in [-0.05, 0) is 0 Å². The molecule has 0 amide bonds. The minimum atomic E-state index is -0.102. The largest absolute Gasteiger partial charge is 1.00 e. The second kappa shape index (κ2) is 11.9. The molecule has 12 heavy (non-hydrogen) atoms. The summed E-state index contributed by atoms with van der Waals surface area (Å²) in [6.45, 7) is 3.62. The predicted molar refractivity (Wildman–Crippen MR) is 51.1 cm³/mol. The summed E-state index contributed by atoms with van der Waals surface area (Å²) < 4.78 is 18.5. The smallest absolute Gasteiger partial charge is 1.00 e. The molecule has 0 fully saturated rings. The van der Waals surface area contributed by atoms with Gasteiger partial charge < -0.3 is 5.71 Å². The summed E-state index contributed by atoms with van der Waals surface area (Å²) in [4.78, 5) is 0. The fourth-order valence-electron chi connectivity index (χ4n) is 0.111. The first-order valence-corrected chi connectivity index (χ1v) is 4.33. The third kappa shape index (κ3) is 13.5. The summed E-state index contributed by atoms with van der Waals surface area (Å²) in [6, 6.07) is 0. The zero-order chi connectivity index (χ0) is 9.98. The summed E-state index contributed by atoms with van der Waals surface area (Å²) in [6.07, 6.45) is -0.204. The molecule has 4 nitrogen and oxygen atoms in total. The van der Waals surface area contributed by atoms with Crippen molar-refractivity contribution in [2.75, 3.05) is 14.2 Å². The van der Waals surface area contributed by atoms with E-state index in [4.69, 9.17) is 0 Å². The predicted octanol–water partition coefficient (Wildman–Crippen LogP) is 0.608. The first-order chi connectivity index (χ1) is 5.62. The van der Waals surface area contributed by atoms with E-state index in [0.29, 0.717) is 0 Å². The van der Waals surface area contributed by atoms with Crippen LogP contribution < -0.4 is 0 Å². The Kier molecular flexibility index (Phi) is 15.3. The van der Waals surface area contributed by atoms with Gasteiger partial charge >= 0.3 is 90.9 Å². The van der Waals surface area contributed by atoms with Crippen molar-refractivity contribution in [1.29, 1.82) is 0 Å². The summed E-state index contributed by atoms with van der Waals surface area (Å²) in [5.41, 5.74) is 0. The van der Waals surface area contributed by atoms with Crippen LogP contribution in [0.4, 0.5) is 0 Å². The van der Waals surface area contributed by atoms with Crippen molar-refractivity contribution in [3.05, 3.63) is 0 Å². The molecule has 0 aliphatic carbocycles. The molecule has 0 spiro atoms. The van der Waals surface area contributed by atoms with E-state index in [9.17, 15) is 0 Å². The molecule has 0 bridgehead atoms. The molecule has 0 radical (unpaired) electrons. The van der Waals surface area contributed by atoms with Gasteiger partial charge in [0.2, 0.25) is 0 Å². The summed E-state index contributed by atoms with van der Waals surface area (Å²) in [5.74, 6) is 0. The number of ether oxygens (including phenoxy) is 2. The molecule has 0 saturated carbocycles. The Labute approximate surface area is 97.0 Å². The van der Waals surface area contributed by atoms with Crippen molar-refractivity contribution in [1.82, 2.24) is 0 Å². The fourth-order valence-corrected chi connectivity index (χ4v) is 0.333. The summed E-state index contributed by atoms with van der Waals surface area (Å²) in [5, 5.41) is 0. The first-order valence-electron chi connectivity index (χ1n) is 3.39. The Morgan fingerprint density at radius 2 is 1.17 bits per heavy atom. The number of rotatable bonds is 4. The molecule has 0 rings (SSSR count). The van der Waals surface area contributed by atoms with Gasteiger partial charge in [0.25, 0.3) is 0 Å². The average molecular weight is 208 g/mol. The molecule has 0 heterocycles. The molecule has 2 atom stereocenters. The van der Waals surface area contributed by atoms with E-state index in [-0.39, 0.29) is 18.3 Å². The van der Waals surface area contributed by atoms with Crippen LogP contribution >= 0.6 is 0 Å². The van der Waals surface area contributed by atoms with Gasteiger partial charge in [0.05, 0.1) is 0 Å². The van der Waals surface area contributed by atoms with E-state index >= 15 is 0 Å². The second-order valence-electron chi connectivity index (χ2n) is 1.88. The van der Waals surface area contributed by atoms with Crippen molar-refractivity contribution >= 4 is 33.2 Å². The van der Waals surface area contributed by atoms with Gasteiger partial charge in [0.15, 0.2) is 0 Å². The summed E-state index contributed by atoms with van der Waals surface area (Å²) >= 11 is 4.23. The SMILES string of the molecule is COC(C)[O][Al+2].COC(C)[O][Al+2].[H-].[H-].[H-].[H-]. The molecule has 0 aromatic carbocycles. The quantitative estimate of drug-likeness (QED) is 0.501. The van der Waals surface area contributed by atoms with E-state index in [0.717, 1.165) is 0 Å². The maximum atomic E-state index is 4.66. The Hall–Kier alpha value is 0.905. The van der Waals surface area contributed by atoms with Crippen LogP contribution in [0.25, 0.3) is 0 Å². The second-order valence-corrected chi connectivity index (χ2v) is 2.42. The minimum Gasteiger partial charge on any atom is -1.00 e. The van der Waals surface area contributed by atoms with E-state index in [2.05, 4.69) is 50.3 Å². The average Bonchev–Trinajstić information content (AvgIpc) is 2.16. The molecule has 72 valence electrons. The zero-order valence-electron chi connectivity index (χ0n) is 11.9. The Bertz CT molecular complexity index is 78.9. The van der Waals surface area contributed by atoms with Gasteiger partial charge in [0.1, 0.15) is 0 Å². The van der Waals surface area contributed by atoms with Crippen LogP contribution in [0.5, 0.6) is 0 Å². The van der Waals surface area contributed by atoms with Crippen LogP contribution in [0.1, 0.15) is 19.6 Å². The monoisotopic (exact) mass is 208 g/mol. The maximum Gasteiger partial charge on any atom is -1.00 e. The molecule has 0 saturated heterocycles. The first kappa shape index (κ1) is 15.4. The van der Waals surface area contributed by atoms with E-state index in [1.54, 1.807) is 14.2 Å². The zero-order valence-corrected chi connectivity index (χ0v) is 10.3. The molecular weight excluding hydrogens is 190 g/mol. The van der Waals surface area contributed by atoms with Crippen LogP contribution in [0.15, 0.2) is 0 Å². The van der Waals surface area contributed by atoms with Crippen molar-refractivity contribution in [2.45, 2.75) is 26.4 Å². The van der Waals surface area contributed by atoms with Gasteiger partial charge in [-0.25, -0.2) is 0 Å². The molecule has 6 heteroatoms. The third-order valence-corrected chi connectivity index (χ3v) is 1.81. The number of hydrogen-bond donors (Lipinski definition) is 0. The van der Waals surface area contributed by atoms with Crippen molar-refractivity contribution < 1.29 is 22.8 Å². The van der Waals surface area contributed by atoms with Gasteiger partial charge in [-0.2, -0.15) is 0 Å². The van der Waals surface area contributed by atoms with E-state index in [1.165, 1.54) is 0 Å². The van der Waals surface area contributed by atoms with Gasteiger partial charge in [-0.15, -0.1) is 0 Å².